The summed E-state index contributed by atoms with van der Waals surface area (Å²) in [4.78, 5) is 0. The van der Waals surface area contributed by atoms with Crippen LogP contribution in [0, 0.1) is 0 Å². The van der Waals surface area contributed by atoms with Gasteiger partial charge in [-0.2, -0.15) is 8.78 Å². The van der Waals surface area contributed by atoms with E-state index in [0.717, 1.165) is 0 Å². The first kappa shape index (κ1) is 8.86. The van der Waals surface area contributed by atoms with Gasteiger partial charge < -0.3 is 9.66 Å². The predicted molar refractivity (Wildman–Crippen MR) is 21.0 cm³/mol. The van der Waals surface area contributed by atoms with Gasteiger partial charge in [-0.15, -0.1) is 0 Å². The van der Waals surface area contributed by atoms with Gasteiger partial charge in [0.2, 0.25) is 0 Å². The molecule has 0 aliphatic rings. The molecule has 0 aromatic heterocycles. The van der Waals surface area contributed by atoms with Crippen molar-refractivity contribution < 1.29 is 27.0 Å². The first-order chi connectivity index (χ1) is 3.85. The summed E-state index contributed by atoms with van der Waals surface area (Å²) in [5.41, 5.74) is -3.54. The number of aliphatic hydroxyl groups is 1. The topological polar surface area (TPSA) is 60.4 Å². The van der Waals surface area contributed by atoms with E-state index >= 15 is 0 Å². The quantitative estimate of drug-likeness (QED) is 0.571. The molecule has 7 heteroatoms. The summed E-state index contributed by atoms with van der Waals surface area (Å²) >= 11 is -3.60. The molecule has 0 aromatic rings. The van der Waals surface area contributed by atoms with Gasteiger partial charge >= 0.3 is 6.11 Å². The molecule has 0 spiro atoms. The van der Waals surface area contributed by atoms with Gasteiger partial charge in [-0.1, -0.05) is 0 Å². The largest absolute Gasteiger partial charge is 0.770 e. The van der Waals surface area contributed by atoms with Gasteiger partial charge in [-0.25, -0.2) is 4.39 Å². The SMILES string of the molecule is O=S([O-])C(F)C(O)(F)F. The number of halogens is 3. The Kier molecular flexibility index (Phi) is 2.59. The Morgan fingerprint density at radius 3 is 2.00 bits per heavy atom. The van der Waals surface area contributed by atoms with Crippen molar-refractivity contribution in [3.8, 4) is 0 Å². The molecule has 0 saturated carbocycles. The van der Waals surface area contributed by atoms with Crippen LogP contribution in [0.5, 0.6) is 0 Å². The van der Waals surface area contributed by atoms with Crippen molar-refractivity contribution in [1.29, 1.82) is 0 Å². The minimum atomic E-state index is -4.80. The lowest BCUT2D eigenvalue weighted by Crippen LogP contribution is -2.32. The number of alkyl halides is 3. The summed E-state index contributed by atoms with van der Waals surface area (Å²) in [6, 6.07) is 0. The lowest BCUT2D eigenvalue weighted by Gasteiger charge is -2.15. The van der Waals surface area contributed by atoms with E-state index in [4.69, 9.17) is 5.11 Å². The Balaban J connectivity index is 4.04. The normalized spacial score (nSPS) is 19.2. The number of rotatable bonds is 2. The van der Waals surface area contributed by atoms with Crippen LogP contribution in [0.1, 0.15) is 0 Å². The molecular formula is C2H2F3O3S-. The van der Waals surface area contributed by atoms with E-state index in [1.807, 2.05) is 0 Å². The van der Waals surface area contributed by atoms with Crippen LogP contribution in [0.25, 0.3) is 0 Å². The van der Waals surface area contributed by atoms with Crippen molar-refractivity contribution in [3.05, 3.63) is 0 Å². The van der Waals surface area contributed by atoms with E-state index in [1.165, 1.54) is 0 Å². The lowest BCUT2D eigenvalue weighted by atomic mass is 10.7. The second kappa shape index (κ2) is 2.63. The fourth-order valence-corrected chi connectivity index (χ4v) is 0.347. The molecule has 0 bridgehead atoms. The second-order valence-electron chi connectivity index (χ2n) is 1.16. The summed E-state index contributed by atoms with van der Waals surface area (Å²) < 4.78 is 52.4. The van der Waals surface area contributed by atoms with E-state index in [2.05, 4.69) is 0 Å². The smallest absolute Gasteiger partial charge is 0.395 e. The first-order valence-corrected chi connectivity index (χ1v) is 2.82. The summed E-state index contributed by atoms with van der Waals surface area (Å²) in [6.45, 7) is 0. The van der Waals surface area contributed by atoms with E-state index in [-0.39, 0.29) is 0 Å². The minimum Gasteiger partial charge on any atom is -0.770 e. The zero-order valence-corrected chi connectivity index (χ0v) is 4.70. The Morgan fingerprint density at radius 2 is 2.00 bits per heavy atom. The van der Waals surface area contributed by atoms with Crippen molar-refractivity contribution in [2.45, 2.75) is 11.6 Å². The van der Waals surface area contributed by atoms with Gasteiger partial charge in [0.05, 0.1) is 0 Å². The highest BCUT2D eigenvalue weighted by Crippen LogP contribution is 2.18. The molecule has 0 rings (SSSR count). The molecule has 56 valence electrons. The van der Waals surface area contributed by atoms with E-state index in [0.29, 0.717) is 0 Å². The Morgan fingerprint density at radius 1 is 1.67 bits per heavy atom. The number of hydrogen-bond acceptors (Lipinski definition) is 3. The molecule has 0 aliphatic carbocycles. The highest BCUT2D eigenvalue weighted by atomic mass is 32.2. The van der Waals surface area contributed by atoms with Crippen molar-refractivity contribution in [3.63, 3.8) is 0 Å². The average molecular weight is 163 g/mol. The molecular weight excluding hydrogens is 161 g/mol. The molecule has 3 nitrogen and oxygen atoms in total. The van der Waals surface area contributed by atoms with Crippen LogP contribution < -0.4 is 0 Å². The molecule has 0 fully saturated rings. The zero-order valence-electron chi connectivity index (χ0n) is 3.88. The molecule has 0 amide bonds. The van der Waals surface area contributed by atoms with E-state index in [9.17, 15) is 21.9 Å². The van der Waals surface area contributed by atoms with Crippen LogP contribution in [-0.4, -0.2) is 25.5 Å². The molecule has 1 N–H and O–H groups in total. The van der Waals surface area contributed by atoms with Crippen molar-refractivity contribution in [2.75, 3.05) is 0 Å². The fraction of sp³-hybridized carbons (Fsp3) is 1.00. The maximum absolute atomic E-state index is 11.4. The van der Waals surface area contributed by atoms with Crippen molar-refractivity contribution in [1.82, 2.24) is 0 Å². The number of hydrogen-bond donors (Lipinski definition) is 1. The summed E-state index contributed by atoms with van der Waals surface area (Å²) in [6.07, 6.45) is -4.80. The Hall–Kier alpha value is -0.140. The second-order valence-corrected chi connectivity index (χ2v) is 2.10. The van der Waals surface area contributed by atoms with Gasteiger partial charge in [-0.05, 0) is 11.1 Å². The summed E-state index contributed by atoms with van der Waals surface area (Å²) in [5, 5.41) is 7.36. The molecule has 0 aromatic carbocycles. The highest BCUT2D eigenvalue weighted by Gasteiger charge is 2.38. The first-order valence-electron chi connectivity index (χ1n) is 1.68. The third-order valence-corrected chi connectivity index (χ3v) is 1.06. The van der Waals surface area contributed by atoms with Crippen LogP contribution in [0.2, 0.25) is 0 Å². The molecule has 0 aliphatic heterocycles. The maximum Gasteiger partial charge on any atom is 0.395 e. The van der Waals surface area contributed by atoms with E-state index < -0.39 is 22.7 Å². The van der Waals surface area contributed by atoms with Crippen LogP contribution >= 0.6 is 0 Å². The monoisotopic (exact) mass is 163 g/mol. The third kappa shape index (κ3) is 2.78. The Bertz CT molecular complexity index is 121. The van der Waals surface area contributed by atoms with Crippen LogP contribution in [0.4, 0.5) is 13.2 Å². The van der Waals surface area contributed by atoms with Crippen LogP contribution in [0.15, 0.2) is 0 Å². The highest BCUT2D eigenvalue weighted by molar-refractivity contribution is 7.79. The van der Waals surface area contributed by atoms with Gasteiger partial charge in [0, 0.05) is 0 Å². The standard InChI is InChI=1S/C2H3F3O3S/c3-1(9(7)8)2(4,5)6/h1,6H,(H,7,8)/p-1. The molecule has 0 saturated heterocycles. The van der Waals surface area contributed by atoms with Gasteiger partial charge in [0.25, 0.3) is 5.50 Å². The van der Waals surface area contributed by atoms with Crippen molar-refractivity contribution in [2.24, 2.45) is 0 Å². The molecule has 2 atom stereocenters. The maximum atomic E-state index is 11.4. The zero-order chi connectivity index (χ0) is 7.65. The molecule has 0 radical (unpaired) electrons. The predicted octanol–water partition coefficient (Wildman–Crippen LogP) is -0.254. The van der Waals surface area contributed by atoms with E-state index in [1.54, 1.807) is 0 Å². The molecule has 2 unspecified atom stereocenters. The minimum absolute atomic E-state index is 3.54. The lowest BCUT2D eigenvalue weighted by molar-refractivity contribution is -0.220. The van der Waals surface area contributed by atoms with Gasteiger partial charge in [-0.3, -0.25) is 4.21 Å². The van der Waals surface area contributed by atoms with Crippen LogP contribution in [0.3, 0.4) is 0 Å². The summed E-state index contributed by atoms with van der Waals surface area (Å²) in [7, 11) is 0. The molecule has 9 heavy (non-hydrogen) atoms. The summed E-state index contributed by atoms with van der Waals surface area (Å²) in [5.74, 6) is 0. The van der Waals surface area contributed by atoms with Crippen molar-refractivity contribution >= 4 is 11.1 Å². The fourth-order valence-electron chi connectivity index (χ4n) is 0.116. The third-order valence-electron chi connectivity index (χ3n) is 0.442. The van der Waals surface area contributed by atoms with Gasteiger partial charge in [0.15, 0.2) is 0 Å². The average Bonchev–Trinajstić information content (AvgIpc) is 1.62. The molecule has 0 heterocycles. The Labute approximate surface area is 50.8 Å². The van der Waals surface area contributed by atoms with Gasteiger partial charge in [0.1, 0.15) is 0 Å². The van der Waals surface area contributed by atoms with Crippen LogP contribution in [-0.2, 0) is 11.1 Å².